The van der Waals surface area contributed by atoms with E-state index in [0.717, 1.165) is 0 Å². The van der Waals surface area contributed by atoms with Crippen molar-refractivity contribution in [3.8, 4) is 11.5 Å². The third kappa shape index (κ3) is 7.49. The van der Waals surface area contributed by atoms with E-state index in [4.69, 9.17) is 4.74 Å². The number of methoxy groups -OCH3 is 1. The Balaban J connectivity index is 0.00000392. The molecule has 1 unspecified atom stereocenters. The molecule has 0 aliphatic heterocycles. The summed E-state index contributed by atoms with van der Waals surface area (Å²) >= 11 is 0. The first-order valence-electron chi connectivity index (χ1n) is 8.64. The molecule has 0 spiro atoms. The van der Waals surface area contributed by atoms with E-state index < -0.39 is 6.61 Å². The molecule has 2 aromatic rings. The molecule has 2 N–H and O–H groups in total. The molecule has 8 heteroatoms. The van der Waals surface area contributed by atoms with Crippen LogP contribution in [0.3, 0.4) is 0 Å². The highest BCUT2D eigenvalue weighted by Crippen LogP contribution is 2.26. The van der Waals surface area contributed by atoms with Crippen molar-refractivity contribution >= 4 is 29.9 Å². The van der Waals surface area contributed by atoms with Crippen LogP contribution < -0.4 is 20.1 Å². The molecule has 28 heavy (non-hydrogen) atoms. The minimum Gasteiger partial charge on any atom is -0.497 e. The van der Waals surface area contributed by atoms with Crippen molar-refractivity contribution in [3.05, 3.63) is 59.7 Å². The molecule has 0 aliphatic carbocycles. The Morgan fingerprint density at radius 3 is 2.43 bits per heavy atom. The van der Waals surface area contributed by atoms with Crippen LogP contribution in [0.25, 0.3) is 0 Å². The van der Waals surface area contributed by atoms with Gasteiger partial charge >= 0.3 is 6.61 Å². The van der Waals surface area contributed by atoms with E-state index in [9.17, 15) is 8.78 Å². The van der Waals surface area contributed by atoms with E-state index in [0.29, 0.717) is 29.7 Å². The van der Waals surface area contributed by atoms with Gasteiger partial charge in [-0.15, -0.1) is 24.0 Å². The number of alkyl halides is 2. The molecular formula is C20H26F2IN3O2. The summed E-state index contributed by atoms with van der Waals surface area (Å²) in [6.07, 6.45) is 0. The van der Waals surface area contributed by atoms with Gasteiger partial charge in [-0.2, -0.15) is 8.78 Å². The highest BCUT2D eigenvalue weighted by molar-refractivity contribution is 14.0. The molecule has 0 saturated carbocycles. The van der Waals surface area contributed by atoms with Crippen LogP contribution >= 0.6 is 24.0 Å². The van der Waals surface area contributed by atoms with Crippen LogP contribution in [0, 0.1) is 0 Å². The fourth-order valence-corrected chi connectivity index (χ4v) is 2.56. The number of ether oxygens (including phenoxy) is 2. The van der Waals surface area contributed by atoms with E-state index in [1.165, 1.54) is 18.7 Å². The lowest BCUT2D eigenvalue weighted by atomic mass is 10.0. The molecule has 0 aliphatic rings. The van der Waals surface area contributed by atoms with Gasteiger partial charge in [0, 0.05) is 31.8 Å². The van der Waals surface area contributed by atoms with E-state index in [-0.39, 0.29) is 36.3 Å². The van der Waals surface area contributed by atoms with Crippen LogP contribution in [0.5, 0.6) is 11.5 Å². The number of benzene rings is 2. The highest BCUT2D eigenvalue weighted by Gasteiger charge is 2.12. The smallest absolute Gasteiger partial charge is 0.387 e. The molecule has 0 saturated heterocycles. The fraction of sp³-hybridized carbons (Fsp3) is 0.350. The van der Waals surface area contributed by atoms with Crippen molar-refractivity contribution in [2.45, 2.75) is 26.0 Å². The number of nitrogens with zero attached hydrogens (tertiary/aromatic N) is 1. The molecule has 2 rings (SSSR count). The first-order chi connectivity index (χ1) is 13.0. The number of aliphatic imine (C=N–C) groups is 1. The number of nitrogens with one attached hydrogen (secondary N) is 2. The molecule has 0 radical (unpaired) electrons. The second kappa shape index (κ2) is 12.4. The minimum absolute atomic E-state index is 0. The van der Waals surface area contributed by atoms with Crippen LogP contribution in [-0.2, 0) is 6.54 Å². The van der Waals surface area contributed by atoms with Gasteiger partial charge in [-0.05, 0) is 23.6 Å². The Bertz CT molecular complexity index is 745. The van der Waals surface area contributed by atoms with Gasteiger partial charge in [-0.1, -0.05) is 37.3 Å². The van der Waals surface area contributed by atoms with E-state index >= 15 is 0 Å². The number of rotatable bonds is 8. The van der Waals surface area contributed by atoms with Gasteiger partial charge < -0.3 is 20.1 Å². The highest BCUT2D eigenvalue weighted by atomic mass is 127. The standard InChI is InChI=1S/C20H25F2N3O2.HI/c1-14(15-7-5-4-6-8-15)12-24-20(23-2)25-13-16-9-10-17(26-3)11-18(16)27-19(21)22;/h4-11,14,19H,12-13H2,1-3H3,(H2,23,24,25);1H. The van der Waals surface area contributed by atoms with Crippen LogP contribution in [-0.4, -0.2) is 33.3 Å². The largest absolute Gasteiger partial charge is 0.497 e. The summed E-state index contributed by atoms with van der Waals surface area (Å²) in [5.74, 6) is 1.40. The summed E-state index contributed by atoms with van der Waals surface area (Å²) in [7, 11) is 3.13. The SMILES string of the molecule is CN=C(NCc1ccc(OC)cc1OC(F)F)NCC(C)c1ccccc1.I. The second-order valence-electron chi connectivity index (χ2n) is 5.97. The molecular weight excluding hydrogens is 479 g/mol. The molecule has 2 aromatic carbocycles. The topological polar surface area (TPSA) is 54.9 Å². The molecule has 0 amide bonds. The lowest BCUT2D eigenvalue weighted by molar-refractivity contribution is -0.0505. The van der Waals surface area contributed by atoms with Crippen molar-refractivity contribution in [2.24, 2.45) is 4.99 Å². The summed E-state index contributed by atoms with van der Waals surface area (Å²) in [6.45, 7) is 0.186. The Morgan fingerprint density at radius 1 is 1.11 bits per heavy atom. The lowest BCUT2D eigenvalue weighted by Crippen LogP contribution is -2.38. The normalized spacial score (nSPS) is 12.1. The van der Waals surface area contributed by atoms with Gasteiger partial charge in [0.05, 0.1) is 7.11 Å². The number of halogens is 3. The lowest BCUT2D eigenvalue weighted by Gasteiger charge is -2.17. The van der Waals surface area contributed by atoms with E-state index in [1.807, 2.05) is 18.2 Å². The van der Waals surface area contributed by atoms with Crippen LogP contribution in [0.15, 0.2) is 53.5 Å². The Morgan fingerprint density at radius 2 is 1.82 bits per heavy atom. The Hall–Kier alpha value is -2.10. The van der Waals surface area contributed by atoms with E-state index in [2.05, 4.69) is 39.4 Å². The van der Waals surface area contributed by atoms with Crippen molar-refractivity contribution in [1.29, 1.82) is 0 Å². The quantitative estimate of drug-likeness (QED) is 0.318. The van der Waals surface area contributed by atoms with Gasteiger partial charge in [0.25, 0.3) is 0 Å². The summed E-state index contributed by atoms with van der Waals surface area (Å²) in [4.78, 5) is 4.17. The maximum atomic E-state index is 12.7. The van der Waals surface area contributed by atoms with Gasteiger partial charge in [-0.25, -0.2) is 0 Å². The van der Waals surface area contributed by atoms with Crippen LogP contribution in [0.4, 0.5) is 8.78 Å². The minimum atomic E-state index is -2.90. The monoisotopic (exact) mass is 505 g/mol. The summed E-state index contributed by atoms with van der Waals surface area (Å²) in [5.41, 5.74) is 1.80. The van der Waals surface area contributed by atoms with Gasteiger partial charge in [-0.3, -0.25) is 4.99 Å². The average molecular weight is 505 g/mol. The molecule has 1 atom stereocenters. The van der Waals surface area contributed by atoms with Crippen molar-refractivity contribution in [3.63, 3.8) is 0 Å². The molecule has 0 aromatic heterocycles. The van der Waals surface area contributed by atoms with Crippen molar-refractivity contribution in [1.82, 2.24) is 10.6 Å². The third-order valence-electron chi connectivity index (χ3n) is 4.10. The Labute approximate surface area is 181 Å². The van der Waals surface area contributed by atoms with Crippen LogP contribution in [0.1, 0.15) is 24.0 Å². The summed E-state index contributed by atoms with van der Waals surface area (Å²) in [5, 5.41) is 6.36. The molecule has 5 nitrogen and oxygen atoms in total. The number of hydrogen-bond donors (Lipinski definition) is 2. The predicted molar refractivity (Wildman–Crippen MR) is 118 cm³/mol. The van der Waals surface area contributed by atoms with E-state index in [1.54, 1.807) is 19.2 Å². The first kappa shape index (κ1) is 23.9. The number of guanidine groups is 1. The Kier molecular flexibility index (Phi) is 10.6. The molecule has 0 heterocycles. The third-order valence-corrected chi connectivity index (χ3v) is 4.10. The summed E-state index contributed by atoms with van der Waals surface area (Å²) in [6, 6.07) is 15.0. The molecule has 0 bridgehead atoms. The van der Waals surface area contributed by atoms with Crippen molar-refractivity contribution in [2.75, 3.05) is 20.7 Å². The van der Waals surface area contributed by atoms with Gasteiger partial charge in [0.15, 0.2) is 5.96 Å². The van der Waals surface area contributed by atoms with Crippen molar-refractivity contribution < 1.29 is 18.3 Å². The zero-order valence-corrected chi connectivity index (χ0v) is 18.4. The number of hydrogen-bond acceptors (Lipinski definition) is 3. The average Bonchev–Trinajstić information content (AvgIpc) is 2.68. The zero-order valence-electron chi connectivity index (χ0n) is 16.1. The van der Waals surface area contributed by atoms with Gasteiger partial charge in [0.1, 0.15) is 11.5 Å². The first-order valence-corrected chi connectivity index (χ1v) is 8.64. The molecule has 154 valence electrons. The summed E-state index contributed by atoms with van der Waals surface area (Å²) < 4.78 is 35.0. The second-order valence-corrected chi connectivity index (χ2v) is 5.97. The maximum Gasteiger partial charge on any atom is 0.387 e. The fourth-order valence-electron chi connectivity index (χ4n) is 2.56. The zero-order chi connectivity index (χ0) is 19.6. The maximum absolute atomic E-state index is 12.7. The molecule has 0 fully saturated rings. The predicted octanol–water partition coefficient (Wildman–Crippen LogP) is 4.38. The van der Waals surface area contributed by atoms with Crippen LogP contribution in [0.2, 0.25) is 0 Å². The van der Waals surface area contributed by atoms with Gasteiger partial charge in [0.2, 0.25) is 0 Å².